The first-order chi connectivity index (χ1) is 14.2. The average Bonchev–Trinajstić information content (AvgIpc) is 2.67. The van der Waals surface area contributed by atoms with Gasteiger partial charge in [0.05, 0.1) is 0 Å². The molecule has 0 aliphatic carbocycles. The molecule has 0 spiro atoms. The van der Waals surface area contributed by atoms with Gasteiger partial charge in [0.25, 0.3) is 0 Å². The van der Waals surface area contributed by atoms with Crippen LogP contribution in [0.3, 0.4) is 0 Å². The van der Waals surface area contributed by atoms with Crippen molar-refractivity contribution in [3.8, 4) is 5.75 Å². The number of carbonyl (C=O) groups excluding carboxylic acids is 4. The first-order valence-corrected chi connectivity index (χ1v) is 8.74. The van der Waals surface area contributed by atoms with E-state index in [9.17, 15) is 19.2 Å². The summed E-state index contributed by atoms with van der Waals surface area (Å²) < 4.78 is 19.6. The largest absolute Gasteiger partial charge is 0.470 e. The summed E-state index contributed by atoms with van der Waals surface area (Å²) in [7, 11) is 16.7. The summed E-state index contributed by atoms with van der Waals surface area (Å²) in [4.78, 5) is 45.1. The van der Waals surface area contributed by atoms with Crippen molar-refractivity contribution in [2.75, 3.05) is 20.1 Å². The second-order valence-electron chi connectivity index (χ2n) is 5.84. The maximum atomic E-state index is 12.2. The van der Waals surface area contributed by atoms with Gasteiger partial charge in [-0.05, 0) is 37.7 Å². The number of ether oxygens (including phenoxy) is 4. The lowest BCUT2D eigenvalue weighted by Crippen LogP contribution is -2.30. The molecule has 1 aromatic rings. The highest BCUT2D eigenvalue weighted by Gasteiger charge is 2.18. The number of amides is 1. The van der Waals surface area contributed by atoms with Crippen LogP contribution in [0.2, 0.25) is 0 Å². The summed E-state index contributed by atoms with van der Waals surface area (Å²) in [6.07, 6.45) is -0.127. The van der Waals surface area contributed by atoms with E-state index in [1.807, 2.05) is 0 Å². The molecule has 1 rings (SSSR count). The Morgan fingerprint density at radius 1 is 0.833 bits per heavy atom. The van der Waals surface area contributed by atoms with E-state index in [4.69, 9.17) is 42.5 Å². The molecule has 1 aromatic carbocycles. The SMILES string of the molecule is [B]C(=O)OCc1cc(COC([B])=O)c(OC(=O)NCCCNC)c(COC([B])=O)c1. The molecule has 6 radical (unpaired) electrons. The van der Waals surface area contributed by atoms with Crippen molar-refractivity contribution < 1.29 is 38.1 Å². The Morgan fingerprint density at radius 2 is 1.33 bits per heavy atom. The van der Waals surface area contributed by atoms with Crippen molar-refractivity contribution in [1.82, 2.24) is 10.6 Å². The van der Waals surface area contributed by atoms with Crippen LogP contribution >= 0.6 is 0 Å². The molecule has 0 atom stereocenters. The van der Waals surface area contributed by atoms with Gasteiger partial charge in [0, 0.05) is 17.7 Å². The van der Waals surface area contributed by atoms with E-state index in [-0.39, 0.29) is 36.7 Å². The van der Waals surface area contributed by atoms with Crippen molar-refractivity contribution in [3.63, 3.8) is 0 Å². The highest BCUT2D eigenvalue weighted by Crippen LogP contribution is 2.29. The number of benzene rings is 1. The zero-order chi connectivity index (χ0) is 22.5. The maximum Gasteiger partial charge on any atom is 0.412 e. The topological polar surface area (TPSA) is 129 Å². The molecule has 0 saturated carbocycles. The van der Waals surface area contributed by atoms with E-state index < -0.39 is 23.7 Å². The molecule has 0 unspecified atom stereocenters. The predicted molar refractivity (Wildman–Crippen MR) is 107 cm³/mol. The summed E-state index contributed by atoms with van der Waals surface area (Å²) in [6, 6.07) is 2.90. The Labute approximate surface area is 177 Å². The molecule has 13 heteroatoms. The first-order valence-electron chi connectivity index (χ1n) is 8.74. The Morgan fingerprint density at radius 3 is 1.80 bits per heavy atom. The monoisotopic (exact) mass is 412 g/mol. The van der Waals surface area contributed by atoms with Gasteiger partial charge in [-0.2, -0.15) is 0 Å². The Kier molecular flexibility index (Phi) is 11.1. The summed E-state index contributed by atoms with van der Waals surface area (Å²) in [5.74, 6) is -3.18. The Balaban J connectivity index is 3.17. The Bertz CT molecular complexity index is 736. The second kappa shape index (κ2) is 13.3. The molecular weight excluding hydrogens is 393 g/mol. The van der Waals surface area contributed by atoms with Crippen LogP contribution in [0.1, 0.15) is 23.1 Å². The number of carbonyl (C=O) groups is 4. The summed E-state index contributed by atoms with van der Waals surface area (Å²) in [5, 5.41) is 5.49. The normalized spacial score (nSPS) is 10.0. The minimum Gasteiger partial charge on any atom is -0.470 e. The van der Waals surface area contributed by atoms with Gasteiger partial charge >= 0.3 is 6.09 Å². The lowest BCUT2D eigenvalue weighted by Gasteiger charge is -2.17. The lowest BCUT2D eigenvalue weighted by molar-refractivity contribution is 0.161. The van der Waals surface area contributed by atoms with Crippen LogP contribution in [-0.4, -0.2) is 67.4 Å². The van der Waals surface area contributed by atoms with Crippen LogP contribution in [0.25, 0.3) is 0 Å². The summed E-state index contributed by atoms with van der Waals surface area (Å²) in [6.45, 7) is 0.0467. The fourth-order valence-electron chi connectivity index (χ4n) is 2.29. The molecule has 154 valence electrons. The highest BCUT2D eigenvalue weighted by atomic mass is 16.6. The molecule has 0 bridgehead atoms. The van der Waals surface area contributed by atoms with Gasteiger partial charge in [0.15, 0.2) is 0 Å². The standard InChI is InChI=1S/C17H19B3N2O8/c1-21-3-2-4-22-17(26)30-13-11(8-28-15(19)24)5-10(7-27-14(18)23)6-12(13)9-29-16(20)25/h5-6,21H,2-4,7-9H2,1H3,(H,22,26). The van der Waals surface area contributed by atoms with Crippen molar-refractivity contribution >= 4 is 47.2 Å². The summed E-state index contributed by atoms with van der Waals surface area (Å²) in [5.41, 5.74) is 0.794. The molecule has 30 heavy (non-hydrogen) atoms. The zero-order valence-corrected chi connectivity index (χ0v) is 16.4. The van der Waals surface area contributed by atoms with Crippen LogP contribution < -0.4 is 15.4 Å². The third kappa shape index (κ3) is 10.0. The maximum absolute atomic E-state index is 12.2. The van der Waals surface area contributed by atoms with E-state index >= 15 is 0 Å². The third-order valence-corrected chi connectivity index (χ3v) is 3.49. The molecule has 0 aliphatic heterocycles. The van der Waals surface area contributed by atoms with E-state index in [2.05, 4.69) is 10.6 Å². The van der Waals surface area contributed by atoms with Crippen molar-refractivity contribution in [3.05, 3.63) is 28.8 Å². The summed E-state index contributed by atoms with van der Waals surface area (Å²) >= 11 is 0. The smallest absolute Gasteiger partial charge is 0.412 e. The van der Waals surface area contributed by atoms with Crippen LogP contribution in [0, 0.1) is 0 Å². The highest BCUT2D eigenvalue weighted by molar-refractivity contribution is 6.55. The molecular formula is C17H19B3N2O8. The fourth-order valence-corrected chi connectivity index (χ4v) is 2.29. The van der Waals surface area contributed by atoms with Gasteiger partial charge in [0.1, 0.15) is 25.6 Å². The number of hydrogen-bond donors (Lipinski definition) is 2. The number of rotatable bonds is 11. The van der Waals surface area contributed by atoms with Crippen molar-refractivity contribution in [1.29, 1.82) is 0 Å². The van der Waals surface area contributed by atoms with Crippen LogP contribution in [0.15, 0.2) is 12.1 Å². The van der Waals surface area contributed by atoms with Gasteiger partial charge in [-0.1, -0.05) is 0 Å². The fraction of sp³-hybridized carbons (Fsp3) is 0.412. The lowest BCUT2D eigenvalue weighted by atomic mass is 10.0. The number of nitrogens with one attached hydrogen (secondary N) is 2. The average molecular weight is 412 g/mol. The van der Waals surface area contributed by atoms with Gasteiger partial charge in [-0.25, -0.2) is 4.79 Å². The van der Waals surface area contributed by atoms with Crippen molar-refractivity contribution in [2.24, 2.45) is 0 Å². The van der Waals surface area contributed by atoms with Crippen molar-refractivity contribution in [2.45, 2.75) is 26.2 Å². The molecule has 0 aromatic heterocycles. The van der Waals surface area contributed by atoms with Crippen LogP contribution in [0.5, 0.6) is 5.75 Å². The van der Waals surface area contributed by atoms with Gasteiger partial charge in [-0.15, -0.1) is 0 Å². The molecule has 1 amide bonds. The van der Waals surface area contributed by atoms with Crippen LogP contribution in [0.4, 0.5) is 19.2 Å². The first kappa shape index (κ1) is 25.1. The van der Waals surface area contributed by atoms with E-state index in [0.29, 0.717) is 25.1 Å². The quantitative estimate of drug-likeness (QED) is 0.308. The van der Waals surface area contributed by atoms with E-state index in [0.717, 1.165) is 0 Å². The molecule has 0 saturated heterocycles. The van der Waals surface area contributed by atoms with Gasteiger partial charge in [0.2, 0.25) is 41.1 Å². The molecule has 2 N–H and O–H groups in total. The predicted octanol–water partition coefficient (Wildman–Crippen LogP) is 0.800. The zero-order valence-electron chi connectivity index (χ0n) is 16.4. The minimum absolute atomic E-state index is 0.0357. The molecule has 0 fully saturated rings. The molecule has 0 aliphatic rings. The third-order valence-electron chi connectivity index (χ3n) is 3.49. The second-order valence-corrected chi connectivity index (χ2v) is 5.84. The van der Waals surface area contributed by atoms with Gasteiger partial charge < -0.3 is 29.6 Å². The van der Waals surface area contributed by atoms with E-state index in [1.54, 1.807) is 7.05 Å². The van der Waals surface area contributed by atoms with Crippen LogP contribution in [-0.2, 0) is 34.0 Å². The molecule has 10 nitrogen and oxygen atoms in total. The molecule has 0 heterocycles. The number of hydrogen-bond acceptors (Lipinski definition) is 9. The van der Waals surface area contributed by atoms with E-state index in [1.165, 1.54) is 12.1 Å². The minimum atomic E-state index is -1.06. The van der Waals surface area contributed by atoms with Gasteiger partial charge in [-0.3, -0.25) is 14.4 Å². The Hall–Kier alpha value is -2.95.